The van der Waals surface area contributed by atoms with E-state index in [0.29, 0.717) is 5.65 Å². The van der Waals surface area contributed by atoms with Gasteiger partial charge in [-0.2, -0.15) is 4.52 Å². The molecule has 0 aliphatic carbocycles. The molecular formula is C20H12ClN5. The molecule has 2 heterocycles. The number of aromatic nitrogens is 5. The molecule has 0 N–H and O–H groups in total. The molecule has 0 unspecified atom stereocenters. The van der Waals surface area contributed by atoms with Crippen molar-refractivity contribution in [3.05, 3.63) is 77.9 Å². The summed E-state index contributed by atoms with van der Waals surface area (Å²) in [7, 11) is 0. The quantitative estimate of drug-likeness (QED) is 0.461. The van der Waals surface area contributed by atoms with E-state index in [1.807, 2.05) is 42.5 Å². The summed E-state index contributed by atoms with van der Waals surface area (Å²) in [6.45, 7) is 0. The molecule has 0 saturated carbocycles. The second-order valence-corrected chi connectivity index (χ2v) is 6.29. The standard InChI is InChI=1S/C20H12ClN5/c21-19-20-23-24-25-26(20)18-12-16(14-9-5-2-6-10-14)15(11-17(18)22-19)13-7-3-1-4-8-13/h1-12H. The van der Waals surface area contributed by atoms with E-state index < -0.39 is 0 Å². The second-order valence-electron chi connectivity index (χ2n) is 5.94. The van der Waals surface area contributed by atoms with Crippen molar-refractivity contribution >= 4 is 28.3 Å². The molecule has 6 heteroatoms. The van der Waals surface area contributed by atoms with Gasteiger partial charge in [0.1, 0.15) is 0 Å². The van der Waals surface area contributed by atoms with Crippen LogP contribution in [0.25, 0.3) is 38.9 Å². The maximum absolute atomic E-state index is 6.26. The van der Waals surface area contributed by atoms with E-state index in [1.165, 1.54) is 0 Å². The third kappa shape index (κ3) is 2.33. The lowest BCUT2D eigenvalue weighted by atomic mass is 9.94. The number of tetrazole rings is 1. The third-order valence-corrected chi connectivity index (χ3v) is 4.64. The second kappa shape index (κ2) is 5.89. The summed E-state index contributed by atoms with van der Waals surface area (Å²) in [6, 6.07) is 24.6. The molecule has 0 radical (unpaired) electrons. The van der Waals surface area contributed by atoms with Crippen molar-refractivity contribution in [2.75, 3.05) is 0 Å². The molecule has 0 aliphatic rings. The average Bonchev–Trinajstić information content (AvgIpc) is 3.19. The third-order valence-electron chi connectivity index (χ3n) is 4.39. The first-order valence-electron chi connectivity index (χ1n) is 8.13. The Hall–Kier alpha value is -3.31. The smallest absolute Gasteiger partial charge is 0.217 e. The molecule has 124 valence electrons. The van der Waals surface area contributed by atoms with Crippen LogP contribution in [-0.2, 0) is 0 Å². The Bertz CT molecular complexity index is 1230. The van der Waals surface area contributed by atoms with Crippen LogP contribution in [0.5, 0.6) is 0 Å². The van der Waals surface area contributed by atoms with Crippen LogP contribution in [0.3, 0.4) is 0 Å². The zero-order chi connectivity index (χ0) is 17.5. The van der Waals surface area contributed by atoms with Gasteiger partial charge in [0, 0.05) is 0 Å². The molecule has 0 fully saturated rings. The highest BCUT2D eigenvalue weighted by Crippen LogP contribution is 2.35. The summed E-state index contributed by atoms with van der Waals surface area (Å²) in [4.78, 5) is 4.50. The van der Waals surface area contributed by atoms with E-state index in [-0.39, 0.29) is 5.15 Å². The molecule has 2 aromatic heterocycles. The first-order valence-corrected chi connectivity index (χ1v) is 8.51. The Morgan fingerprint density at radius 2 is 1.38 bits per heavy atom. The van der Waals surface area contributed by atoms with Gasteiger partial charge in [-0.25, -0.2) is 4.98 Å². The number of nitrogens with zero attached hydrogens (tertiary/aromatic N) is 5. The molecule has 0 spiro atoms. The van der Waals surface area contributed by atoms with Gasteiger partial charge in [-0.1, -0.05) is 72.3 Å². The largest absolute Gasteiger partial charge is 0.230 e. The van der Waals surface area contributed by atoms with Gasteiger partial charge in [0.25, 0.3) is 0 Å². The van der Waals surface area contributed by atoms with Gasteiger partial charge in [-0.3, -0.25) is 0 Å². The Morgan fingerprint density at radius 3 is 2.04 bits per heavy atom. The van der Waals surface area contributed by atoms with Crippen molar-refractivity contribution in [2.24, 2.45) is 0 Å². The van der Waals surface area contributed by atoms with Gasteiger partial charge in [-0.15, -0.1) is 5.10 Å². The van der Waals surface area contributed by atoms with Crippen LogP contribution in [0.1, 0.15) is 0 Å². The predicted octanol–water partition coefficient (Wildman–Crippen LogP) is 4.66. The average molecular weight is 358 g/mol. The fourth-order valence-electron chi connectivity index (χ4n) is 3.18. The van der Waals surface area contributed by atoms with E-state index in [1.54, 1.807) is 4.52 Å². The first-order chi connectivity index (χ1) is 12.8. The van der Waals surface area contributed by atoms with Crippen LogP contribution < -0.4 is 0 Å². The van der Waals surface area contributed by atoms with E-state index in [2.05, 4.69) is 50.8 Å². The number of hydrogen-bond acceptors (Lipinski definition) is 4. The lowest BCUT2D eigenvalue weighted by molar-refractivity contribution is 0.841. The Balaban J connectivity index is 1.91. The Morgan fingerprint density at radius 1 is 0.769 bits per heavy atom. The lowest BCUT2D eigenvalue weighted by Gasteiger charge is -2.13. The van der Waals surface area contributed by atoms with Crippen LogP contribution in [0, 0.1) is 0 Å². The number of rotatable bonds is 2. The molecule has 5 rings (SSSR count). The number of benzene rings is 3. The van der Waals surface area contributed by atoms with E-state index in [0.717, 1.165) is 33.3 Å². The van der Waals surface area contributed by atoms with Crippen molar-refractivity contribution < 1.29 is 0 Å². The van der Waals surface area contributed by atoms with E-state index in [4.69, 9.17) is 11.6 Å². The summed E-state index contributed by atoms with van der Waals surface area (Å²) in [5, 5.41) is 12.1. The molecule has 5 nitrogen and oxygen atoms in total. The predicted molar refractivity (Wildman–Crippen MR) is 102 cm³/mol. The Kier molecular flexibility index (Phi) is 3.40. The summed E-state index contributed by atoms with van der Waals surface area (Å²) in [5.74, 6) is 0. The minimum absolute atomic E-state index is 0.286. The maximum atomic E-state index is 6.26. The van der Waals surface area contributed by atoms with Crippen molar-refractivity contribution in [1.82, 2.24) is 25.0 Å². The minimum Gasteiger partial charge on any atom is -0.230 e. The SMILES string of the molecule is Clc1nc2cc(-c3ccccc3)c(-c3ccccc3)cc2n2nnnc12. The van der Waals surface area contributed by atoms with Crippen molar-refractivity contribution in [3.63, 3.8) is 0 Å². The highest BCUT2D eigenvalue weighted by atomic mass is 35.5. The van der Waals surface area contributed by atoms with Gasteiger partial charge >= 0.3 is 0 Å². The fraction of sp³-hybridized carbons (Fsp3) is 0. The van der Waals surface area contributed by atoms with E-state index in [9.17, 15) is 0 Å². The summed E-state index contributed by atoms with van der Waals surface area (Å²) in [5.41, 5.74) is 6.41. The molecule has 0 atom stereocenters. The zero-order valence-corrected chi connectivity index (χ0v) is 14.3. The van der Waals surface area contributed by atoms with Gasteiger partial charge < -0.3 is 0 Å². The molecule has 0 bridgehead atoms. The van der Waals surface area contributed by atoms with Crippen LogP contribution in [0.15, 0.2) is 72.8 Å². The highest BCUT2D eigenvalue weighted by molar-refractivity contribution is 6.32. The molecule has 0 amide bonds. The van der Waals surface area contributed by atoms with Gasteiger partial charge in [0.05, 0.1) is 11.0 Å². The topological polar surface area (TPSA) is 56.0 Å². The van der Waals surface area contributed by atoms with Crippen LogP contribution in [-0.4, -0.2) is 25.0 Å². The molecular weight excluding hydrogens is 346 g/mol. The number of halogens is 1. The van der Waals surface area contributed by atoms with E-state index >= 15 is 0 Å². The number of fused-ring (bicyclic) bond motifs is 3. The van der Waals surface area contributed by atoms with Crippen molar-refractivity contribution in [3.8, 4) is 22.3 Å². The Labute approximate surface area is 153 Å². The molecule has 0 saturated heterocycles. The van der Waals surface area contributed by atoms with Crippen LogP contribution >= 0.6 is 11.6 Å². The van der Waals surface area contributed by atoms with Gasteiger partial charge in [0.15, 0.2) is 5.15 Å². The van der Waals surface area contributed by atoms with Gasteiger partial charge in [0.2, 0.25) is 5.65 Å². The first kappa shape index (κ1) is 15.0. The molecule has 5 aromatic rings. The fourth-order valence-corrected chi connectivity index (χ4v) is 3.39. The van der Waals surface area contributed by atoms with Crippen molar-refractivity contribution in [2.45, 2.75) is 0 Å². The summed E-state index contributed by atoms with van der Waals surface area (Å²) in [6.07, 6.45) is 0. The summed E-state index contributed by atoms with van der Waals surface area (Å²) >= 11 is 6.26. The zero-order valence-electron chi connectivity index (χ0n) is 13.5. The highest BCUT2D eigenvalue weighted by Gasteiger charge is 2.15. The normalized spacial score (nSPS) is 11.3. The van der Waals surface area contributed by atoms with Crippen molar-refractivity contribution in [1.29, 1.82) is 0 Å². The number of hydrogen-bond donors (Lipinski definition) is 0. The van der Waals surface area contributed by atoms with Crippen LogP contribution in [0.4, 0.5) is 0 Å². The lowest BCUT2D eigenvalue weighted by Crippen LogP contribution is -1.97. The van der Waals surface area contributed by atoms with Crippen LogP contribution in [0.2, 0.25) is 5.15 Å². The monoisotopic (exact) mass is 357 g/mol. The molecule has 0 aliphatic heterocycles. The molecule has 26 heavy (non-hydrogen) atoms. The minimum atomic E-state index is 0.286. The van der Waals surface area contributed by atoms with Gasteiger partial charge in [-0.05, 0) is 44.8 Å². The summed E-state index contributed by atoms with van der Waals surface area (Å²) < 4.78 is 1.63. The maximum Gasteiger partial charge on any atom is 0.217 e. The molecule has 3 aromatic carbocycles.